The minimum Gasteiger partial charge on any atom is -0.158 e. The third kappa shape index (κ3) is 1.59. The average molecular weight is 160 g/mol. The van der Waals surface area contributed by atoms with Crippen molar-refractivity contribution in [1.82, 2.24) is 10.2 Å². The molecule has 0 bridgehead atoms. The predicted molar refractivity (Wildman–Crippen MR) is 51.6 cm³/mol. The largest absolute Gasteiger partial charge is 0.158 e. The Bertz CT molecular complexity index is 314. The number of hydrogen-bond donors (Lipinski definition) is 0. The molecule has 0 fully saturated rings. The van der Waals surface area contributed by atoms with E-state index < -0.39 is 0 Å². The van der Waals surface area contributed by atoms with Crippen molar-refractivity contribution in [2.24, 2.45) is 0 Å². The summed E-state index contributed by atoms with van der Waals surface area (Å²) >= 11 is 0. The molecular weight excluding hydrogens is 148 g/mol. The third-order valence-corrected chi connectivity index (χ3v) is 1.66. The fraction of sp³-hybridized carbons (Fsp3) is 0.200. The number of hydrogen-bond acceptors (Lipinski definition) is 2. The lowest BCUT2D eigenvalue weighted by Gasteiger charge is -2.01. The van der Waals surface area contributed by atoms with Crippen LogP contribution in [0.25, 0.3) is 12.2 Å². The van der Waals surface area contributed by atoms with Crippen molar-refractivity contribution in [3.63, 3.8) is 0 Å². The summed E-state index contributed by atoms with van der Waals surface area (Å²) in [5.74, 6) is 0. The van der Waals surface area contributed by atoms with Crippen LogP contribution >= 0.6 is 0 Å². The molecular formula is C10H12N2. The van der Waals surface area contributed by atoms with Crippen LogP contribution in [0, 0.1) is 6.92 Å². The van der Waals surface area contributed by atoms with E-state index in [1.807, 2.05) is 26.0 Å². The number of allylic oxidation sites excluding steroid dienone is 1. The van der Waals surface area contributed by atoms with Crippen LogP contribution in [-0.2, 0) is 0 Å². The summed E-state index contributed by atoms with van der Waals surface area (Å²) in [6.45, 7) is 7.63. The Balaban J connectivity index is 3.28. The van der Waals surface area contributed by atoms with Gasteiger partial charge in [0, 0.05) is 11.1 Å². The van der Waals surface area contributed by atoms with Crippen molar-refractivity contribution in [2.45, 2.75) is 13.8 Å². The zero-order chi connectivity index (χ0) is 8.97. The van der Waals surface area contributed by atoms with E-state index in [0.29, 0.717) is 0 Å². The normalized spacial score (nSPS) is 10.5. The van der Waals surface area contributed by atoms with Gasteiger partial charge in [-0.25, -0.2) is 0 Å². The van der Waals surface area contributed by atoms with Crippen LogP contribution in [0.15, 0.2) is 18.9 Å². The molecule has 2 nitrogen and oxygen atoms in total. The molecule has 1 rings (SSSR count). The van der Waals surface area contributed by atoms with Gasteiger partial charge in [-0.1, -0.05) is 24.8 Å². The molecule has 0 unspecified atom stereocenters. The second-order valence-electron chi connectivity index (χ2n) is 2.50. The molecule has 1 heterocycles. The SMILES string of the molecule is C=Cc1cnnc(C)c1/C=C\C. The minimum atomic E-state index is 0.936. The van der Waals surface area contributed by atoms with Gasteiger partial charge in [0.2, 0.25) is 0 Å². The molecule has 1 aromatic rings. The monoisotopic (exact) mass is 160 g/mol. The lowest BCUT2D eigenvalue weighted by atomic mass is 10.1. The molecule has 1 aromatic heterocycles. The number of nitrogens with zero attached hydrogens (tertiary/aromatic N) is 2. The fourth-order valence-electron chi connectivity index (χ4n) is 1.06. The van der Waals surface area contributed by atoms with Crippen molar-refractivity contribution < 1.29 is 0 Å². The zero-order valence-corrected chi connectivity index (χ0v) is 7.41. The number of aromatic nitrogens is 2. The number of rotatable bonds is 2. The molecule has 0 aliphatic rings. The van der Waals surface area contributed by atoms with E-state index in [1.165, 1.54) is 0 Å². The smallest absolute Gasteiger partial charge is 0.0678 e. The molecule has 0 amide bonds. The van der Waals surface area contributed by atoms with Crippen LogP contribution in [0.1, 0.15) is 23.7 Å². The highest BCUT2D eigenvalue weighted by Gasteiger charge is 1.99. The lowest BCUT2D eigenvalue weighted by molar-refractivity contribution is 0.971. The molecule has 12 heavy (non-hydrogen) atoms. The second kappa shape index (κ2) is 3.81. The van der Waals surface area contributed by atoms with Crippen molar-refractivity contribution in [2.75, 3.05) is 0 Å². The van der Waals surface area contributed by atoms with Crippen LogP contribution in [0.2, 0.25) is 0 Å². The maximum absolute atomic E-state index is 3.96. The van der Waals surface area contributed by atoms with Gasteiger partial charge in [0.05, 0.1) is 11.9 Å². The van der Waals surface area contributed by atoms with Crippen LogP contribution in [0.3, 0.4) is 0 Å². The van der Waals surface area contributed by atoms with Crippen LogP contribution in [0.4, 0.5) is 0 Å². The maximum Gasteiger partial charge on any atom is 0.0678 e. The molecule has 2 heteroatoms. The van der Waals surface area contributed by atoms with E-state index in [9.17, 15) is 0 Å². The fourth-order valence-corrected chi connectivity index (χ4v) is 1.06. The van der Waals surface area contributed by atoms with Gasteiger partial charge < -0.3 is 0 Å². The lowest BCUT2D eigenvalue weighted by Crippen LogP contribution is -1.93. The van der Waals surface area contributed by atoms with Gasteiger partial charge in [0.25, 0.3) is 0 Å². The molecule has 0 spiro atoms. The third-order valence-electron chi connectivity index (χ3n) is 1.66. The number of aryl methyl sites for hydroxylation is 1. The molecule has 0 saturated heterocycles. The predicted octanol–water partition coefficient (Wildman–Crippen LogP) is 2.46. The summed E-state index contributed by atoms with van der Waals surface area (Å²) < 4.78 is 0. The van der Waals surface area contributed by atoms with Gasteiger partial charge in [0.15, 0.2) is 0 Å². The Morgan fingerprint density at radius 2 is 2.25 bits per heavy atom. The topological polar surface area (TPSA) is 25.8 Å². The van der Waals surface area contributed by atoms with Gasteiger partial charge >= 0.3 is 0 Å². The molecule has 0 N–H and O–H groups in total. The Labute approximate surface area is 72.6 Å². The summed E-state index contributed by atoms with van der Waals surface area (Å²) in [5.41, 5.74) is 3.06. The van der Waals surface area contributed by atoms with E-state index in [4.69, 9.17) is 0 Å². The second-order valence-corrected chi connectivity index (χ2v) is 2.50. The first kappa shape index (κ1) is 8.65. The first-order chi connectivity index (χ1) is 5.79. The van der Waals surface area contributed by atoms with Crippen LogP contribution < -0.4 is 0 Å². The summed E-state index contributed by atoms with van der Waals surface area (Å²) in [7, 11) is 0. The van der Waals surface area contributed by atoms with Crippen molar-refractivity contribution in [3.05, 3.63) is 35.7 Å². The molecule has 0 radical (unpaired) electrons. The zero-order valence-electron chi connectivity index (χ0n) is 7.41. The van der Waals surface area contributed by atoms with Crippen molar-refractivity contribution in [1.29, 1.82) is 0 Å². The summed E-state index contributed by atoms with van der Waals surface area (Å²) in [6, 6.07) is 0. The summed E-state index contributed by atoms with van der Waals surface area (Å²) in [6.07, 6.45) is 7.50. The van der Waals surface area contributed by atoms with Gasteiger partial charge in [-0.3, -0.25) is 0 Å². The Morgan fingerprint density at radius 3 is 2.83 bits per heavy atom. The Morgan fingerprint density at radius 1 is 1.50 bits per heavy atom. The molecule has 0 aliphatic carbocycles. The van der Waals surface area contributed by atoms with Crippen molar-refractivity contribution >= 4 is 12.2 Å². The van der Waals surface area contributed by atoms with E-state index in [2.05, 4.69) is 16.8 Å². The standard InChI is InChI=1S/C10H12N2/c1-4-6-10-8(3)12-11-7-9(10)5-2/h4-7H,2H2,1,3H3/b6-4-. The summed E-state index contributed by atoms with van der Waals surface area (Å²) in [4.78, 5) is 0. The minimum absolute atomic E-state index is 0.936. The quantitative estimate of drug-likeness (QED) is 0.664. The highest BCUT2D eigenvalue weighted by Crippen LogP contribution is 2.13. The van der Waals surface area contributed by atoms with Crippen LogP contribution in [0.5, 0.6) is 0 Å². The van der Waals surface area contributed by atoms with E-state index in [-0.39, 0.29) is 0 Å². The van der Waals surface area contributed by atoms with E-state index in [0.717, 1.165) is 16.8 Å². The maximum atomic E-state index is 3.96. The molecule has 62 valence electrons. The molecule has 0 atom stereocenters. The van der Waals surface area contributed by atoms with Crippen LogP contribution in [-0.4, -0.2) is 10.2 Å². The van der Waals surface area contributed by atoms with Gasteiger partial charge in [-0.15, -0.1) is 0 Å². The highest BCUT2D eigenvalue weighted by molar-refractivity contribution is 5.64. The average Bonchev–Trinajstić information content (AvgIpc) is 2.09. The summed E-state index contributed by atoms with van der Waals surface area (Å²) in [5, 5.41) is 7.80. The van der Waals surface area contributed by atoms with E-state index in [1.54, 1.807) is 12.3 Å². The highest BCUT2D eigenvalue weighted by atomic mass is 15.1. The van der Waals surface area contributed by atoms with Gasteiger partial charge in [-0.05, 0) is 13.8 Å². The molecule has 0 aromatic carbocycles. The first-order valence-corrected chi connectivity index (χ1v) is 3.87. The van der Waals surface area contributed by atoms with Gasteiger partial charge in [-0.2, -0.15) is 10.2 Å². The van der Waals surface area contributed by atoms with Crippen molar-refractivity contribution in [3.8, 4) is 0 Å². The first-order valence-electron chi connectivity index (χ1n) is 3.87. The molecule has 0 aliphatic heterocycles. The Hall–Kier alpha value is -1.44. The van der Waals surface area contributed by atoms with Gasteiger partial charge in [0.1, 0.15) is 0 Å². The molecule has 0 saturated carbocycles. The van der Waals surface area contributed by atoms with E-state index >= 15 is 0 Å². The Kier molecular flexibility index (Phi) is 2.75.